The highest BCUT2D eigenvalue weighted by atomic mass is 15.4. The van der Waals surface area contributed by atoms with Crippen LogP contribution in [-0.2, 0) is 0 Å². The van der Waals surface area contributed by atoms with Gasteiger partial charge in [0.05, 0.1) is 29.4 Å². The maximum atomic E-state index is 4.52. The molecule has 2 aromatic rings. The molecule has 3 heteroatoms. The number of rotatable bonds is 2. The number of hydrogen-bond donors (Lipinski definition) is 0. The standard InChI is InChI=1S/C19H23N3/c1-14-11-12-20-15(2)19(14)22-13-21(16-7-3-4-8-16)17-9-5-6-10-18(17)22/h5-6,9-12,16H,3-4,7-8,13H2,1-2H3. The number of anilines is 3. The van der Waals surface area contributed by atoms with E-state index in [1.165, 1.54) is 48.3 Å². The van der Waals surface area contributed by atoms with E-state index < -0.39 is 0 Å². The van der Waals surface area contributed by atoms with Gasteiger partial charge < -0.3 is 9.80 Å². The van der Waals surface area contributed by atoms with Crippen molar-refractivity contribution in [2.75, 3.05) is 16.5 Å². The number of benzene rings is 1. The van der Waals surface area contributed by atoms with Gasteiger partial charge in [0.1, 0.15) is 0 Å². The summed E-state index contributed by atoms with van der Waals surface area (Å²) in [4.78, 5) is 9.57. The smallest absolute Gasteiger partial charge is 0.0956 e. The predicted molar refractivity (Wildman–Crippen MR) is 91.9 cm³/mol. The Morgan fingerprint density at radius 2 is 1.73 bits per heavy atom. The summed E-state index contributed by atoms with van der Waals surface area (Å²) in [6, 6.07) is 11.6. The van der Waals surface area contributed by atoms with E-state index in [0.717, 1.165) is 12.4 Å². The van der Waals surface area contributed by atoms with E-state index in [2.05, 4.69) is 59.0 Å². The van der Waals surface area contributed by atoms with E-state index in [9.17, 15) is 0 Å². The molecular formula is C19H23N3. The van der Waals surface area contributed by atoms with E-state index in [1.807, 2.05) is 6.20 Å². The Labute approximate surface area is 132 Å². The molecule has 1 aliphatic carbocycles. The highest BCUT2D eigenvalue weighted by Crippen LogP contribution is 2.44. The minimum absolute atomic E-state index is 0.698. The van der Waals surface area contributed by atoms with Gasteiger partial charge in [-0.05, 0) is 50.5 Å². The molecule has 1 saturated carbocycles. The van der Waals surface area contributed by atoms with Crippen molar-refractivity contribution in [3.05, 3.63) is 47.8 Å². The van der Waals surface area contributed by atoms with Crippen LogP contribution >= 0.6 is 0 Å². The monoisotopic (exact) mass is 293 g/mol. The van der Waals surface area contributed by atoms with Crippen LogP contribution in [0.25, 0.3) is 0 Å². The summed E-state index contributed by atoms with van der Waals surface area (Å²) in [5.74, 6) is 0. The highest BCUT2D eigenvalue weighted by molar-refractivity contribution is 5.84. The zero-order valence-electron chi connectivity index (χ0n) is 13.4. The molecule has 4 rings (SSSR count). The van der Waals surface area contributed by atoms with Crippen molar-refractivity contribution < 1.29 is 0 Å². The second-order valence-corrected chi connectivity index (χ2v) is 6.53. The average Bonchev–Trinajstić information content (AvgIpc) is 3.15. The van der Waals surface area contributed by atoms with Crippen LogP contribution in [0.15, 0.2) is 36.5 Å². The summed E-state index contributed by atoms with van der Waals surface area (Å²) in [6.45, 7) is 5.26. The van der Waals surface area contributed by atoms with Crippen LogP contribution in [-0.4, -0.2) is 17.7 Å². The zero-order chi connectivity index (χ0) is 15.1. The normalized spacial score (nSPS) is 18.1. The number of pyridine rings is 1. The van der Waals surface area contributed by atoms with E-state index in [1.54, 1.807) is 0 Å². The Morgan fingerprint density at radius 1 is 1.00 bits per heavy atom. The Morgan fingerprint density at radius 3 is 2.45 bits per heavy atom. The molecule has 0 radical (unpaired) electrons. The van der Waals surface area contributed by atoms with Crippen molar-refractivity contribution in [2.24, 2.45) is 0 Å². The van der Waals surface area contributed by atoms with Crippen molar-refractivity contribution in [1.29, 1.82) is 0 Å². The third kappa shape index (κ3) is 2.07. The van der Waals surface area contributed by atoms with Gasteiger partial charge >= 0.3 is 0 Å². The van der Waals surface area contributed by atoms with E-state index in [-0.39, 0.29) is 0 Å². The van der Waals surface area contributed by atoms with Gasteiger partial charge in [0.25, 0.3) is 0 Å². The molecule has 0 spiro atoms. The molecule has 2 aliphatic rings. The largest absolute Gasteiger partial charge is 0.349 e. The summed E-state index contributed by atoms with van der Waals surface area (Å²) >= 11 is 0. The number of fused-ring (bicyclic) bond motifs is 1. The van der Waals surface area contributed by atoms with E-state index in [4.69, 9.17) is 0 Å². The first kappa shape index (κ1) is 13.6. The molecule has 3 nitrogen and oxygen atoms in total. The van der Waals surface area contributed by atoms with Gasteiger partial charge in [0.15, 0.2) is 0 Å². The lowest BCUT2D eigenvalue weighted by molar-refractivity contribution is 0.624. The zero-order valence-corrected chi connectivity index (χ0v) is 13.4. The number of nitrogens with zero attached hydrogens (tertiary/aromatic N) is 3. The van der Waals surface area contributed by atoms with Crippen LogP contribution in [0.5, 0.6) is 0 Å². The first-order valence-electron chi connectivity index (χ1n) is 8.31. The predicted octanol–water partition coefficient (Wildman–Crippen LogP) is 4.56. The third-order valence-electron chi connectivity index (χ3n) is 5.12. The minimum atomic E-state index is 0.698. The fourth-order valence-corrected chi connectivity index (χ4v) is 4.05. The fraction of sp³-hybridized carbons (Fsp3) is 0.421. The summed E-state index contributed by atoms with van der Waals surface area (Å²) in [7, 11) is 0. The van der Waals surface area contributed by atoms with Crippen molar-refractivity contribution in [3.8, 4) is 0 Å². The van der Waals surface area contributed by atoms with Crippen LogP contribution in [0.4, 0.5) is 17.1 Å². The van der Waals surface area contributed by atoms with Crippen molar-refractivity contribution in [1.82, 2.24) is 4.98 Å². The molecule has 114 valence electrons. The molecule has 2 heterocycles. The van der Waals surface area contributed by atoms with Crippen LogP contribution in [0.3, 0.4) is 0 Å². The first-order valence-corrected chi connectivity index (χ1v) is 8.31. The van der Waals surface area contributed by atoms with Gasteiger partial charge in [-0.1, -0.05) is 25.0 Å². The Balaban J connectivity index is 1.79. The molecule has 1 aromatic carbocycles. The molecule has 0 N–H and O–H groups in total. The lowest BCUT2D eigenvalue weighted by Crippen LogP contribution is -2.36. The molecule has 0 unspecified atom stereocenters. The maximum Gasteiger partial charge on any atom is 0.0956 e. The minimum Gasteiger partial charge on any atom is -0.349 e. The maximum absolute atomic E-state index is 4.52. The molecule has 1 aliphatic heterocycles. The molecular weight excluding hydrogens is 270 g/mol. The van der Waals surface area contributed by atoms with Crippen LogP contribution in [0.1, 0.15) is 36.9 Å². The summed E-state index contributed by atoms with van der Waals surface area (Å²) in [6.07, 6.45) is 7.30. The van der Waals surface area contributed by atoms with Gasteiger partial charge in [-0.3, -0.25) is 4.98 Å². The van der Waals surface area contributed by atoms with Crippen molar-refractivity contribution in [2.45, 2.75) is 45.6 Å². The fourth-order valence-electron chi connectivity index (χ4n) is 4.05. The quantitative estimate of drug-likeness (QED) is 0.809. The molecule has 22 heavy (non-hydrogen) atoms. The van der Waals surface area contributed by atoms with Crippen molar-refractivity contribution in [3.63, 3.8) is 0 Å². The topological polar surface area (TPSA) is 19.4 Å². The molecule has 0 atom stereocenters. The Bertz CT molecular complexity index is 669. The third-order valence-corrected chi connectivity index (χ3v) is 5.12. The van der Waals surface area contributed by atoms with Gasteiger partial charge in [-0.25, -0.2) is 0 Å². The Hall–Kier alpha value is -2.03. The summed E-state index contributed by atoms with van der Waals surface area (Å²) < 4.78 is 0. The molecule has 1 fully saturated rings. The van der Waals surface area contributed by atoms with Crippen molar-refractivity contribution >= 4 is 17.1 Å². The van der Waals surface area contributed by atoms with Crippen LogP contribution < -0.4 is 9.80 Å². The lowest BCUT2D eigenvalue weighted by atomic mass is 10.1. The highest BCUT2D eigenvalue weighted by Gasteiger charge is 2.33. The average molecular weight is 293 g/mol. The molecule has 1 aromatic heterocycles. The van der Waals surface area contributed by atoms with Crippen LogP contribution in [0.2, 0.25) is 0 Å². The van der Waals surface area contributed by atoms with Gasteiger partial charge in [-0.2, -0.15) is 0 Å². The number of aryl methyl sites for hydroxylation is 2. The molecule has 0 saturated heterocycles. The first-order chi connectivity index (χ1) is 10.8. The van der Waals surface area contributed by atoms with E-state index >= 15 is 0 Å². The number of aromatic nitrogens is 1. The van der Waals surface area contributed by atoms with E-state index in [0.29, 0.717) is 6.04 Å². The lowest BCUT2D eigenvalue weighted by Gasteiger charge is -2.28. The summed E-state index contributed by atoms with van der Waals surface area (Å²) in [5, 5.41) is 0. The summed E-state index contributed by atoms with van der Waals surface area (Å²) in [5.41, 5.74) is 6.40. The Kier molecular flexibility index (Phi) is 3.29. The van der Waals surface area contributed by atoms with Crippen LogP contribution in [0, 0.1) is 13.8 Å². The van der Waals surface area contributed by atoms with Gasteiger partial charge in [0, 0.05) is 12.2 Å². The second-order valence-electron chi connectivity index (χ2n) is 6.53. The number of para-hydroxylation sites is 2. The molecule has 0 amide bonds. The van der Waals surface area contributed by atoms with Gasteiger partial charge in [-0.15, -0.1) is 0 Å². The van der Waals surface area contributed by atoms with Gasteiger partial charge in [0.2, 0.25) is 0 Å². The SMILES string of the molecule is Cc1ccnc(C)c1N1CN(C2CCCC2)c2ccccc21. The molecule has 0 bridgehead atoms. The second kappa shape index (κ2) is 5.31. The number of hydrogen-bond acceptors (Lipinski definition) is 3.